The lowest BCUT2D eigenvalue weighted by molar-refractivity contribution is -0.0823. The van der Waals surface area contributed by atoms with Crippen LogP contribution in [0.25, 0.3) is 27.8 Å². The molecule has 1 amide bonds. The number of alkyl halides is 2. The first-order valence-corrected chi connectivity index (χ1v) is 10.0. The number of nitrogens with zero attached hydrogens (tertiary/aromatic N) is 3. The molecular weight excluding hydrogens is 420 g/mol. The minimum atomic E-state index is -2.78. The van der Waals surface area contributed by atoms with Gasteiger partial charge in [0.1, 0.15) is 39.3 Å². The molecule has 164 valence electrons. The van der Waals surface area contributed by atoms with Crippen LogP contribution in [0.4, 0.5) is 8.78 Å². The molecule has 0 saturated heterocycles. The second-order valence-corrected chi connectivity index (χ2v) is 8.24. The lowest BCUT2D eigenvalue weighted by Crippen LogP contribution is -2.37. The van der Waals surface area contributed by atoms with Crippen LogP contribution < -0.4 is 5.73 Å². The van der Waals surface area contributed by atoms with E-state index < -0.39 is 30.3 Å². The lowest BCUT2D eigenvalue weighted by Gasteiger charge is -2.31. The van der Waals surface area contributed by atoms with E-state index in [-0.39, 0.29) is 35.4 Å². The molecule has 10 heteroatoms. The van der Waals surface area contributed by atoms with Crippen molar-refractivity contribution in [2.45, 2.75) is 44.1 Å². The Bertz CT molecular complexity index is 1480. The number of fused-ring (bicyclic) bond motifs is 5. The molecule has 4 aromatic rings. The SMILES string of the molecule is Cc1ccc(O)c2[nH]c3c(C(N)=O)c4ncc(C#CC5(O)CCC(F)(F)CC5)nc4n3c12. The molecule has 0 spiro atoms. The van der Waals surface area contributed by atoms with Crippen molar-refractivity contribution in [2.24, 2.45) is 5.73 Å². The van der Waals surface area contributed by atoms with Crippen molar-refractivity contribution in [1.29, 1.82) is 0 Å². The summed E-state index contributed by atoms with van der Waals surface area (Å²) in [5.74, 6) is 1.90. The summed E-state index contributed by atoms with van der Waals surface area (Å²) in [6, 6.07) is 3.27. The van der Waals surface area contributed by atoms with E-state index in [1.54, 1.807) is 10.5 Å². The van der Waals surface area contributed by atoms with Crippen molar-refractivity contribution in [3.05, 3.63) is 35.2 Å². The third-order valence-electron chi connectivity index (χ3n) is 5.97. The van der Waals surface area contributed by atoms with Gasteiger partial charge in [0.25, 0.3) is 5.91 Å². The highest BCUT2D eigenvalue weighted by atomic mass is 19.3. The van der Waals surface area contributed by atoms with Gasteiger partial charge in [0.15, 0.2) is 5.65 Å². The van der Waals surface area contributed by atoms with E-state index in [1.165, 1.54) is 12.3 Å². The Labute approximate surface area is 180 Å². The summed E-state index contributed by atoms with van der Waals surface area (Å²) < 4.78 is 28.5. The fourth-order valence-electron chi connectivity index (χ4n) is 4.22. The largest absolute Gasteiger partial charge is 0.506 e. The highest BCUT2D eigenvalue weighted by Gasteiger charge is 2.41. The zero-order chi connectivity index (χ0) is 22.8. The fourth-order valence-corrected chi connectivity index (χ4v) is 4.22. The molecule has 0 unspecified atom stereocenters. The maximum atomic E-state index is 13.4. The summed E-state index contributed by atoms with van der Waals surface area (Å²) in [6.45, 7) is 1.84. The van der Waals surface area contributed by atoms with E-state index in [0.717, 1.165) is 5.56 Å². The predicted octanol–water partition coefficient (Wildman–Crippen LogP) is 2.77. The number of amides is 1. The Hall–Kier alpha value is -3.71. The molecule has 0 aliphatic heterocycles. The average molecular weight is 439 g/mol. The van der Waals surface area contributed by atoms with Crippen molar-refractivity contribution in [2.75, 3.05) is 0 Å². The summed E-state index contributed by atoms with van der Waals surface area (Å²) in [4.78, 5) is 24.0. The number of aromatic nitrogens is 4. The first-order valence-electron chi connectivity index (χ1n) is 10.0. The van der Waals surface area contributed by atoms with Gasteiger partial charge in [0.05, 0.1) is 11.7 Å². The van der Waals surface area contributed by atoms with Gasteiger partial charge in [-0.1, -0.05) is 12.0 Å². The number of hydrogen-bond acceptors (Lipinski definition) is 5. The quantitative estimate of drug-likeness (QED) is 0.339. The third kappa shape index (κ3) is 3.05. The number of carbonyl (C=O) groups excluding carboxylic acids is 1. The molecule has 1 fully saturated rings. The third-order valence-corrected chi connectivity index (χ3v) is 5.97. The normalized spacial score (nSPS) is 17.5. The molecule has 0 bridgehead atoms. The van der Waals surface area contributed by atoms with Crippen LogP contribution in [0.2, 0.25) is 0 Å². The molecule has 5 N–H and O–H groups in total. The summed E-state index contributed by atoms with van der Waals surface area (Å²) in [6.07, 6.45) is 0.217. The summed E-state index contributed by atoms with van der Waals surface area (Å²) in [5.41, 5.74) is 7.12. The van der Waals surface area contributed by atoms with Crippen LogP contribution in [-0.4, -0.2) is 47.0 Å². The number of aromatic hydroxyl groups is 1. The van der Waals surface area contributed by atoms with E-state index >= 15 is 0 Å². The molecule has 3 aromatic heterocycles. The topological polar surface area (TPSA) is 130 Å². The molecule has 8 nitrogen and oxygen atoms in total. The molecule has 1 aliphatic rings. The number of rotatable bonds is 1. The van der Waals surface area contributed by atoms with E-state index in [0.29, 0.717) is 22.3 Å². The molecule has 1 saturated carbocycles. The van der Waals surface area contributed by atoms with Crippen molar-refractivity contribution >= 4 is 33.8 Å². The molecule has 0 atom stereocenters. The average Bonchev–Trinajstić information content (AvgIpc) is 3.27. The number of nitrogens with two attached hydrogens (primary N) is 1. The number of benzene rings is 1. The molecule has 1 aliphatic carbocycles. The Morgan fingerprint density at radius 2 is 2.00 bits per heavy atom. The van der Waals surface area contributed by atoms with Crippen molar-refractivity contribution < 1.29 is 23.8 Å². The van der Waals surface area contributed by atoms with Crippen molar-refractivity contribution in [1.82, 2.24) is 19.4 Å². The molecule has 5 rings (SSSR count). The van der Waals surface area contributed by atoms with Crippen LogP contribution in [0.15, 0.2) is 18.3 Å². The van der Waals surface area contributed by atoms with E-state index in [2.05, 4.69) is 26.8 Å². The first-order chi connectivity index (χ1) is 15.1. The predicted molar refractivity (Wildman–Crippen MR) is 113 cm³/mol. The monoisotopic (exact) mass is 439 g/mol. The number of H-pyrrole nitrogens is 1. The van der Waals surface area contributed by atoms with Crippen LogP contribution in [0, 0.1) is 18.8 Å². The number of phenolic OH excluding ortho intramolecular Hbond substituents is 1. The van der Waals surface area contributed by atoms with Gasteiger partial charge in [-0.05, 0) is 37.3 Å². The highest BCUT2D eigenvalue weighted by Crippen LogP contribution is 2.38. The Kier molecular flexibility index (Phi) is 4.19. The van der Waals surface area contributed by atoms with Crippen LogP contribution in [0.5, 0.6) is 5.75 Å². The zero-order valence-corrected chi connectivity index (χ0v) is 17.0. The standard InChI is InChI=1S/C22H19F2N5O3/c1-11-2-3-13(30)15-17(11)29-19(28-15)14(18(25)31)16-20(29)27-12(10-26-16)4-5-21(32)6-8-22(23,24)9-7-21/h2-3,10,28,30,32H,6-9H2,1H3,(H2,25,31). The first kappa shape index (κ1) is 20.2. The van der Waals surface area contributed by atoms with Crippen LogP contribution in [0.1, 0.15) is 47.3 Å². The van der Waals surface area contributed by atoms with Crippen molar-refractivity contribution in [3.63, 3.8) is 0 Å². The van der Waals surface area contributed by atoms with Gasteiger partial charge in [0, 0.05) is 12.8 Å². The Morgan fingerprint density at radius 3 is 2.69 bits per heavy atom. The van der Waals surface area contributed by atoms with Crippen LogP contribution in [-0.2, 0) is 0 Å². The molecule has 32 heavy (non-hydrogen) atoms. The molecule has 1 aromatic carbocycles. The van der Waals surface area contributed by atoms with E-state index in [4.69, 9.17) is 5.73 Å². The minimum Gasteiger partial charge on any atom is -0.506 e. The number of primary amides is 1. The number of aromatic amines is 1. The summed E-state index contributed by atoms with van der Waals surface area (Å²) >= 11 is 0. The van der Waals surface area contributed by atoms with Crippen molar-refractivity contribution in [3.8, 4) is 17.6 Å². The zero-order valence-electron chi connectivity index (χ0n) is 17.0. The number of halogens is 2. The van der Waals surface area contributed by atoms with Gasteiger partial charge in [-0.25, -0.2) is 18.7 Å². The van der Waals surface area contributed by atoms with E-state index in [9.17, 15) is 23.8 Å². The molecular formula is C22H19F2N5O3. The van der Waals surface area contributed by atoms with E-state index in [1.807, 2.05) is 6.92 Å². The van der Waals surface area contributed by atoms with Crippen LogP contribution >= 0.6 is 0 Å². The van der Waals surface area contributed by atoms with Gasteiger partial charge >= 0.3 is 0 Å². The number of aliphatic hydroxyl groups is 1. The highest BCUT2D eigenvalue weighted by molar-refractivity contribution is 6.12. The molecule has 3 heterocycles. The van der Waals surface area contributed by atoms with Gasteiger partial charge in [-0.15, -0.1) is 0 Å². The molecule has 0 radical (unpaired) electrons. The summed E-state index contributed by atoms with van der Waals surface area (Å²) in [5, 5.41) is 20.8. The second-order valence-electron chi connectivity index (χ2n) is 8.24. The second kappa shape index (κ2) is 6.64. The number of carbonyl (C=O) groups is 1. The number of imidazole rings is 1. The fraction of sp³-hybridized carbons (Fsp3) is 0.318. The minimum absolute atomic E-state index is 0.00176. The van der Waals surface area contributed by atoms with Gasteiger partial charge in [-0.3, -0.25) is 9.20 Å². The van der Waals surface area contributed by atoms with Gasteiger partial charge in [-0.2, -0.15) is 0 Å². The Morgan fingerprint density at radius 1 is 1.28 bits per heavy atom. The maximum Gasteiger partial charge on any atom is 0.254 e. The summed E-state index contributed by atoms with van der Waals surface area (Å²) in [7, 11) is 0. The maximum absolute atomic E-state index is 13.4. The van der Waals surface area contributed by atoms with Gasteiger partial charge < -0.3 is 20.9 Å². The van der Waals surface area contributed by atoms with Gasteiger partial charge in [0.2, 0.25) is 5.92 Å². The lowest BCUT2D eigenvalue weighted by atomic mass is 9.83. The van der Waals surface area contributed by atoms with Crippen LogP contribution in [0.3, 0.4) is 0 Å². The smallest absolute Gasteiger partial charge is 0.254 e. The number of hydrogen-bond donors (Lipinski definition) is 4. The number of phenols is 1. The Balaban J connectivity index is 1.70. The number of nitrogens with one attached hydrogen (secondary N) is 1. The number of aryl methyl sites for hydroxylation is 1.